The third-order valence-corrected chi connectivity index (χ3v) is 3.35. The summed E-state index contributed by atoms with van der Waals surface area (Å²) in [5, 5.41) is 5.31. The molecule has 3 unspecified atom stereocenters. The van der Waals surface area contributed by atoms with Crippen molar-refractivity contribution < 1.29 is 22.5 Å². The molecule has 2 heterocycles. The van der Waals surface area contributed by atoms with Crippen molar-refractivity contribution in [2.45, 2.75) is 24.6 Å². The zero-order valence-electron chi connectivity index (χ0n) is 7.84. The molecule has 15 heavy (non-hydrogen) atoms. The second kappa shape index (κ2) is 3.62. The zero-order valence-corrected chi connectivity index (χ0v) is 8.66. The van der Waals surface area contributed by atoms with Crippen molar-refractivity contribution in [3.05, 3.63) is 0 Å². The highest BCUT2D eigenvalue weighted by atomic mass is 32.2. The Kier molecular flexibility index (Phi) is 2.57. The number of hydrogen-bond acceptors (Lipinski definition) is 4. The van der Waals surface area contributed by atoms with Gasteiger partial charge in [0.2, 0.25) is 0 Å². The minimum Gasteiger partial charge on any atom is -0.374 e. The van der Waals surface area contributed by atoms with Crippen LogP contribution in [0.3, 0.4) is 0 Å². The first-order valence-electron chi connectivity index (χ1n) is 4.59. The molecule has 0 spiro atoms. The molecule has 3 N–H and O–H groups in total. The fraction of sp³-hybridized carbons (Fsp3) is 0.857. The zero-order chi connectivity index (χ0) is 11.1. The number of urea groups is 1. The highest BCUT2D eigenvalue weighted by Gasteiger charge is 2.43. The van der Waals surface area contributed by atoms with Crippen molar-refractivity contribution in [2.75, 3.05) is 12.4 Å². The van der Waals surface area contributed by atoms with E-state index in [9.17, 15) is 13.2 Å². The van der Waals surface area contributed by atoms with Gasteiger partial charge in [0, 0.05) is 0 Å². The maximum Gasteiger partial charge on any atom is 0.315 e. The van der Waals surface area contributed by atoms with E-state index in [2.05, 4.69) is 10.6 Å². The number of ether oxygens (including phenoxy) is 1. The maximum atomic E-state index is 11.0. The lowest BCUT2D eigenvalue weighted by molar-refractivity contribution is 0.0936. The highest BCUT2D eigenvalue weighted by Crippen LogP contribution is 2.21. The standard InChI is InChI=1S/C7H12N2O5S/c10-7-8-4-3-14-5(6(4)9-7)1-2-15(11,12)13/h4-6H,1-3H2,(H2,8,9,10)(H,11,12,13). The summed E-state index contributed by atoms with van der Waals surface area (Å²) < 4.78 is 35.0. The Hall–Kier alpha value is -0.860. The van der Waals surface area contributed by atoms with E-state index in [0.717, 1.165) is 0 Å². The molecule has 0 bridgehead atoms. The summed E-state index contributed by atoms with van der Waals surface area (Å²) in [5.74, 6) is -0.350. The van der Waals surface area contributed by atoms with Gasteiger partial charge in [0.05, 0.1) is 30.5 Å². The van der Waals surface area contributed by atoms with Crippen molar-refractivity contribution >= 4 is 16.1 Å². The van der Waals surface area contributed by atoms with Gasteiger partial charge in [0.15, 0.2) is 0 Å². The molecular formula is C7H12N2O5S. The van der Waals surface area contributed by atoms with Crippen LogP contribution in [-0.2, 0) is 14.9 Å². The number of fused-ring (bicyclic) bond motifs is 1. The van der Waals surface area contributed by atoms with Gasteiger partial charge < -0.3 is 15.4 Å². The lowest BCUT2D eigenvalue weighted by Crippen LogP contribution is -2.38. The molecule has 3 atom stereocenters. The van der Waals surface area contributed by atoms with E-state index < -0.39 is 10.1 Å². The number of carbonyl (C=O) groups is 1. The third kappa shape index (κ3) is 2.39. The minimum atomic E-state index is -3.97. The average molecular weight is 236 g/mol. The molecule has 8 heteroatoms. The maximum absolute atomic E-state index is 11.0. The van der Waals surface area contributed by atoms with Gasteiger partial charge in [0.25, 0.3) is 10.1 Å². The summed E-state index contributed by atoms with van der Waals surface area (Å²) >= 11 is 0. The van der Waals surface area contributed by atoms with Crippen LogP contribution in [-0.4, -0.2) is 49.5 Å². The van der Waals surface area contributed by atoms with Crippen LogP contribution in [0.1, 0.15) is 6.42 Å². The molecule has 2 aliphatic rings. The third-order valence-electron chi connectivity index (χ3n) is 2.60. The Balaban J connectivity index is 1.92. The van der Waals surface area contributed by atoms with Crippen LogP contribution in [0.5, 0.6) is 0 Å². The van der Waals surface area contributed by atoms with Crippen molar-refractivity contribution in [3.63, 3.8) is 0 Å². The van der Waals surface area contributed by atoms with E-state index in [1.54, 1.807) is 0 Å². The number of rotatable bonds is 3. The lowest BCUT2D eigenvalue weighted by Gasteiger charge is -2.15. The molecule has 2 aliphatic heterocycles. The molecule has 2 fully saturated rings. The first-order valence-corrected chi connectivity index (χ1v) is 6.20. The Morgan fingerprint density at radius 1 is 1.47 bits per heavy atom. The quantitative estimate of drug-likeness (QED) is 0.529. The number of nitrogens with one attached hydrogen (secondary N) is 2. The van der Waals surface area contributed by atoms with Crippen LogP contribution < -0.4 is 10.6 Å². The predicted octanol–water partition coefficient (Wildman–Crippen LogP) is -1.29. The van der Waals surface area contributed by atoms with Crippen molar-refractivity contribution in [1.82, 2.24) is 10.6 Å². The van der Waals surface area contributed by atoms with Crippen LogP contribution in [0.25, 0.3) is 0 Å². The Labute approximate surface area is 86.9 Å². The Morgan fingerprint density at radius 2 is 2.20 bits per heavy atom. The van der Waals surface area contributed by atoms with E-state index in [1.807, 2.05) is 0 Å². The lowest BCUT2D eigenvalue weighted by atomic mass is 10.1. The Bertz CT molecular complexity index is 368. The second-order valence-corrected chi connectivity index (χ2v) is 5.27. The molecule has 2 rings (SSSR count). The smallest absolute Gasteiger partial charge is 0.315 e. The fourth-order valence-corrected chi connectivity index (χ4v) is 2.44. The molecule has 0 aromatic heterocycles. The van der Waals surface area contributed by atoms with Gasteiger partial charge in [-0.15, -0.1) is 0 Å². The topological polar surface area (TPSA) is 105 Å². The van der Waals surface area contributed by atoms with Gasteiger partial charge in [-0.1, -0.05) is 0 Å². The van der Waals surface area contributed by atoms with Gasteiger partial charge in [-0.05, 0) is 6.42 Å². The van der Waals surface area contributed by atoms with Crippen LogP contribution in [0.15, 0.2) is 0 Å². The molecule has 0 aromatic rings. The molecule has 7 nitrogen and oxygen atoms in total. The minimum absolute atomic E-state index is 0.0936. The van der Waals surface area contributed by atoms with E-state index in [4.69, 9.17) is 9.29 Å². The highest BCUT2D eigenvalue weighted by molar-refractivity contribution is 7.85. The molecule has 0 aliphatic carbocycles. The number of hydrogen-bond donors (Lipinski definition) is 3. The summed E-state index contributed by atoms with van der Waals surface area (Å²) in [7, 11) is -3.97. The molecule has 86 valence electrons. The molecule has 0 aromatic carbocycles. The summed E-state index contributed by atoms with van der Waals surface area (Å²) in [4.78, 5) is 11.0. The normalized spacial score (nSPS) is 34.7. The molecule has 0 saturated carbocycles. The molecule has 2 saturated heterocycles. The van der Waals surface area contributed by atoms with Crippen LogP contribution in [0.2, 0.25) is 0 Å². The monoisotopic (exact) mass is 236 g/mol. The van der Waals surface area contributed by atoms with E-state index in [0.29, 0.717) is 6.61 Å². The molecular weight excluding hydrogens is 224 g/mol. The fourth-order valence-electron chi connectivity index (χ4n) is 1.91. The molecule has 2 amide bonds. The van der Waals surface area contributed by atoms with Crippen LogP contribution >= 0.6 is 0 Å². The van der Waals surface area contributed by atoms with E-state index in [1.165, 1.54) is 0 Å². The first-order chi connectivity index (χ1) is 6.96. The predicted molar refractivity (Wildman–Crippen MR) is 50.0 cm³/mol. The Morgan fingerprint density at radius 3 is 2.87 bits per heavy atom. The largest absolute Gasteiger partial charge is 0.374 e. The van der Waals surface area contributed by atoms with Gasteiger partial charge >= 0.3 is 6.03 Å². The summed E-state index contributed by atoms with van der Waals surface area (Å²) in [6.45, 7) is 0.375. The van der Waals surface area contributed by atoms with E-state index >= 15 is 0 Å². The van der Waals surface area contributed by atoms with Crippen molar-refractivity contribution in [3.8, 4) is 0 Å². The summed E-state index contributed by atoms with van der Waals surface area (Å²) in [5.41, 5.74) is 0. The van der Waals surface area contributed by atoms with Gasteiger partial charge in [-0.25, -0.2) is 4.79 Å². The van der Waals surface area contributed by atoms with Crippen molar-refractivity contribution in [2.24, 2.45) is 0 Å². The summed E-state index contributed by atoms with van der Waals surface area (Å²) in [6, 6.07) is -0.548. The average Bonchev–Trinajstić information content (AvgIpc) is 2.58. The van der Waals surface area contributed by atoms with Gasteiger partial charge in [-0.3, -0.25) is 4.55 Å². The summed E-state index contributed by atoms with van der Waals surface area (Å²) in [6.07, 6.45) is -0.169. The van der Waals surface area contributed by atoms with Gasteiger partial charge in [0.1, 0.15) is 0 Å². The van der Waals surface area contributed by atoms with Gasteiger partial charge in [-0.2, -0.15) is 8.42 Å². The van der Waals surface area contributed by atoms with Crippen molar-refractivity contribution in [1.29, 1.82) is 0 Å². The number of amides is 2. The first kappa shape index (κ1) is 10.7. The molecule has 0 radical (unpaired) electrons. The second-order valence-electron chi connectivity index (χ2n) is 3.70. The SMILES string of the molecule is O=C1NC2COC(CCS(=O)(=O)O)C2N1. The van der Waals surface area contributed by atoms with E-state index in [-0.39, 0.29) is 36.4 Å². The number of carbonyl (C=O) groups excluding carboxylic acids is 1. The van der Waals surface area contributed by atoms with Crippen LogP contribution in [0, 0.1) is 0 Å². The van der Waals surface area contributed by atoms with Crippen LogP contribution in [0.4, 0.5) is 4.79 Å².